The normalized spacial score (nSPS) is 15.7. The van der Waals surface area contributed by atoms with Crippen LogP contribution in [0.5, 0.6) is 11.5 Å². The van der Waals surface area contributed by atoms with Crippen LogP contribution >= 0.6 is 0 Å². The van der Waals surface area contributed by atoms with E-state index in [0.717, 1.165) is 52.6 Å². The number of hydrogen-bond donors (Lipinski definition) is 0. The summed E-state index contributed by atoms with van der Waals surface area (Å²) >= 11 is 0. The lowest BCUT2D eigenvalue weighted by Crippen LogP contribution is -2.34. The third-order valence-corrected chi connectivity index (χ3v) is 6.38. The molecule has 0 radical (unpaired) electrons. The minimum Gasteiger partial charge on any atom is -0.493 e. The zero-order valence-electron chi connectivity index (χ0n) is 19.1. The lowest BCUT2D eigenvalue weighted by molar-refractivity contribution is 0.353. The van der Waals surface area contributed by atoms with Crippen molar-refractivity contribution >= 4 is 16.9 Å². The number of aryl methyl sites for hydroxylation is 2. The van der Waals surface area contributed by atoms with Crippen LogP contribution in [0.1, 0.15) is 35.2 Å². The Kier molecular flexibility index (Phi) is 4.96. The summed E-state index contributed by atoms with van der Waals surface area (Å²) in [6, 6.07) is 10.7. The average Bonchev–Trinajstić information content (AvgIpc) is 3.23. The standard InChI is InChI=1S/C25H27N5O2/c1-15-6-7-21(16(2)10-15)30-25-20(13-28-30)24(26-14-27-25)29-9-8-18-11-22(31-4)23(32-5)12-19(18)17(29)3/h6-7,10-14,17H,8-9H2,1-5H3/t17-/m0/s1. The van der Waals surface area contributed by atoms with Crippen LogP contribution in [0, 0.1) is 13.8 Å². The minimum absolute atomic E-state index is 0.126. The van der Waals surface area contributed by atoms with Gasteiger partial charge in [-0.2, -0.15) is 5.10 Å². The SMILES string of the molecule is COc1cc2c(cc1OC)[C@H](C)N(c1ncnc3c1cnn3-c1ccc(C)cc1C)CC2. The molecule has 0 unspecified atom stereocenters. The van der Waals surface area contributed by atoms with E-state index in [0.29, 0.717) is 0 Å². The summed E-state index contributed by atoms with van der Waals surface area (Å²) < 4.78 is 13.0. The van der Waals surface area contributed by atoms with Gasteiger partial charge >= 0.3 is 0 Å². The largest absolute Gasteiger partial charge is 0.493 e. The number of hydrogen-bond acceptors (Lipinski definition) is 6. The van der Waals surface area contributed by atoms with Gasteiger partial charge in [0.1, 0.15) is 12.1 Å². The highest BCUT2D eigenvalue weighted by atomic mass is 16.5. The summed E-state index contributed by atoms with van der Waals surface area (Å²) in [5.74, 6) is 2.42. The molecule has 0 saturated carbocycles. The van der Waals surface area contributed by atoms with E-state index >= 15 is 0 Å². The highest BCUT2D eigenvalue weighted by molar-refractivity contribution is 5.88. The van der Waals surface area contributed by atoms with E-state index in [4.69, 9.17) is 9.47 Å². The first-order valence-electron chi connectivity index (χ1n) is 10.8. The quantitative estimate of drug-likeness (QED) is 0.473. The molecule has 1 atom stereocenters. The van der Waals surface area contributed by atoms with E-state index < -0.39 is 0 Å². The Morgan fingerprint density at radius 2 is 1.78 bits per heavy atom. The lowest BCUT2D eigenvalue weighted by Gasteiger charge is -2.36. The van der Waals surface area contributed by atoms with Crippen molar-refractivity contribution in [3.63, 3.8) is 0 Å². The van der Waals surface area contributed by atoms with Crippen molar-refractivity contribution in [1.29, 1.82) is 0 Å². The third-order valence-electron chi connectivity index (χ3n) is 6.38. The smallest absolute Gasteiger partial charge is 0.168 e. The molecule has 1 aliphatic heterocycles. The maximum absolute atomic E-state index is 5.55. The number of methoxy groups -OCH3 is 2. The van der Waals surface area contributed by atoms with E-state index in [-0.39, 0.29) is 6.04 Å². The highest BCUT2D eigenvalue weighted by Crippen LogP contribution is 2.40. The molecule has 164 valence electrons. The van der Waals surface area contributed by atoms with Gasteiger partial charge in [0, 0.05) is 6.54 Å². The Hall–Kier alpha value is -3.61. The van der Waals surface area contributed by atoms with Crippen molar-refractivity contribution in [2.24, 2.45) is 0 Å². The van der Waals surface area contributed by atoms with Crippen molar-refractivity contribution in [2.45, 2.75) is 33.2 Å². The molecule has 3 heterocycles. The van der Waals surface area contributed by atoms with Crippen molar-refractivity contribution < 1.29 is 9.47 Å². The van der Waals surface area contributed by atoms with Crippen LogP contribution in [0.4, 0.5) is 5.82 Å². The minimum atomic E-state index is 0.126. The molecular formula is C25H27N5O2. The third kappa shape index (κ3) is 3.16. The van der Waals surface area contributed by atoms with Gasteiger partial charge in [-0.25, -0.2) is 14.6 Å². The molecule has 0 saturated heterocycles. The van der Waals surface area contributed by atoms with Crippen LogP contribution in [0.3, 0.4) is 0 Å². The van der Waals surface area contributed by atoms with E-state index in [1.54, 1.807) is 20.5 Å². The number of fused-ring (bicyclic) bond motifs is 2. The number of rotatable bonds is 4. The van der Waals surface area contributed by atoms with Gasteiger partial charge in [0.25, 0.3) is 0 Å². The summed E-state index contributed by atoms with van der Waals surface area (Å²) in [5.41, 5.74) is 6.74. The fourth-order valence-corrected chi connectivity index (χ4v) is 4.71. The fraction of sp³-hybridized carbons (Fsp3) is 0.320. The molecule has 7 nitrogen and oxygen atoms in total. The molecule has 0 N–H and O–H groups in total. The first-order chi connectivity index (χ1) is 15.5. The Morgan fingerprint density at radius 3 is 2.53 bits per heavy atom. The molecule has 0 amide bonds. The molecule has 1 aliphatic rings. The van der Waals surface area contributed by atoms with Gasteiger partial charge < -0.3 is 14.4 Å². The molecule has 0 bridgehead atoms. The molecule has 5 rings (SSSR count). The van der Waals surface area contributed by atoms with Gasteiger partial charge in [-0.1, -0.05) is 17.7 Å². The molecule has 2 aromatic carbocycles. The Labute approximate surface area is 187 Å². The monoisotopic (exact) mass is 429 g/mol. The van der Waals surface area contributed by atoms with Crippen LogP contribution in [0.2, 0.25) is 0 Å². The van der Waals surface area contributed by atoms with Gasteiger partial charge in [0.05, 0.1) is 37.5 Å². The molecule has 32 heavy (non-hydrogen) atoms. The summed E-state index contributed by atoms with van der Waals surface area (Å²) in [6.45, 7) is 7.25. The van der Waals surface area contributed by atoms with Crippen LogP contribution in [0.15, 0.2) is 42.9 Å². The maximum atomic E-state index is 5.55. The second-order valence-corrected chi connectivity index (χ2v) is 8.31. The molecule has 0 aliphatic carbocycles. The number of nitrogens with zero attached hydrogens (tertiary/aromatic N) is 5. The lowest BCUT2D eigenvalue weighted by atomic mass is 9.92. The van der Waals surface area contributed by atoms with E-state index in [1.165, 1.54) is 16.7 Å². The predicted octanol–water partition coefficient (Wildman–Crippen LogP) is 4.57. The molecule has 0 spiro atoms. The van der Waals surface area contributed by atoms with Crippen molar-refractivity contribution in [3.8, 4) is 17.2 Å². The molecule has 0 fully saturated rings. The second kappa shape index (κ2) is 7.82. The molecule has 7 heteroatoms. The Morgan fingerprint density at radius 1 is 1.00 bits per heavy atom. The highest BCUT2D eigenvalue weighted by Gasteiger charge is 2.29. The van der Waals surface area contributed by atoms with E-state index in [1.807, 2.05) is 10.9 Å². The molecular weight excluding hydrogens is 402 g/mol. The van der Waals surface area contributed by atoms with Crippen LogP contribution in [0.25, 0.3) is 16.7 Å². The summed E-state index contributed by atoms with van der Waals surface area (Å²) in [4.78, 5) is 11.6. The maximum Gasteiger partial charge on any atom is 0.168 e. The van der Waals surface area contributed by atoms with Gasteiger partial charge in [-0.05, 0) is 62.1 Å². The van der Waals surface area contributed by atoms with Gasteiger partial charge in [-0.3, -0.25) is 0 Å². The number of benzene rings is 2. The van der Waals surface area contributed by atoms with E-state index in [2.05, 4.69) is 71.1 Å². The topological polar surface area (TPSA) is 65.3 Å². The van der Waals surface area contributed by atoms with Crippen LogP contribution in [-0.4, -0.2) is 40.5 Å². The number of anilines is 1. The zero-order valence-corrected chi connectivity index (χ0v) is 19.1. The van der Waals surface area contributed by atoms with Crippen molar-refractivity contribution in [1.82, 2.24) is 19.7 Å². The number of ether oxygens (including phenoxy) is 2. The Balaban J connectivity index is 1.58. The van der Waals surface area contributed by atoms with Gasteiger partial charge in [0.2, 0.25) is 0 Å². The second-order valence-electron chi connectivity index (χ2n) is 8.31. The summed E-state index contributed by atoms with van der Waals surface area (Å²) in [5, 5.41) is 5.63. The van der Waals surface area contributed by atoms with Crippen LogP contribution < -0.4 is 14.4 Å². The molecule has 2 aromatic heterocycles. The average molecular weight is 430 g/mol. The zero-order chi connectivity index (χ0) is 22.4. The van der Waals surface area contributed by atoms with Crippen molar-refractivity contribution in [3.05, 3.63) is 65.1 Å². The molecule has 4 aromatic rings. The first-order valence-corrected chi connectivity index (χ1v) is 10.8. The summed E-state index contributed by atoms with van der Waals surface area (Å²) in [6.07, 6.45) is 4.41. The van der Waals surface area contributed by atoms with Gasteiger partial charge in [0.15, 0.2) is 17.1 Å². The van der Waals surface area contributed by atoms with E-state index in [9.17, 15) is 0 Å². The number of aromatic nitrogens is 4. The van der Waals surface area contributed by atoms with Crippen LogP contribution in [-0.2, 0) is 6.42 Å². The first kappa shape index (κ1) is 20.3. The fourth-order valence-electron chi connectivity index (χ4n) is 4.71. The van der Waals surface area contributed by atoms with Crippen molar-refractivity contribution in [2.75, 3.05) is 25.7 Å². The van der Waals surface area contributed by atoms with Gasteiger partial charge in [-0.15, -0.1) is 0 Å². The Bertz CT molecular complexity index is 1310. The summed E-state index contributed by atoms with van der Waals surface area (Å²) in [7, 11) is 3.35. The predicted molar refractivity (Wildman–Crippen MR) is 125 cm³/mol.